The van der Waals surface area contributed by atoms with Crippen molar-refractivity contribution >= 4 is 16.5 Å². The van der Waals surface area contributed by atoms with Gasteiger partial charge in [-0.15, -0.1) is 11.3 Å². The number of nitrogens with one attached hydrogen (secondary N) is 1. The summed E-state index contributed by atoms with van der Waals surface area (Å²) in [7, 11) is 0. The number of thiazole rings is 1. The number of hydrogen-bond acceptors (Lipinski definition) is 4. The van der Waals surface area contributed by atoms with Crippen LogP contribution in [0.3, 0.4) is 0 Å². The van der Waals surface area contributed by atoms with Crippen LogP contribution >= 0.6 is 11.3 Å². The van der Waals surface area contributed by atoms with Crippen molar-refractivity contribution in [2.24, 2.45) is 0 Å². The first-order chi connectivity index (χ1) is 9.26. The summed E-state index contributed by atoms with van der Waals surface area (Å²) < 4.78 is 0. The van der Waals surface area contributed by atoms with Crippen LogP contribution in [-0.4, -0.2) is 24.6 Å². The van der Waals surface area contributed by atoms with E-state index in [1.165, 1.54) is 54.5 Å². The summed E-state index contributed by atoms with van der Waals surface area (Å²) in [5, 5.41) is 4.70. The lowest BCUT2D eigenvalue weighted by atomic mass is 10.0. The molecule has 1 unspecified atom stereocenters. The number of hydrogen-bond donors (Lipinski definition) is 1. The molecule has 3 nitrogen and oxygen atoms in total. The van der Waals surface area contributed by atoms with Crippen molar-refractivity contribution in [2.45, 2.75) is 58.9 Å². The topological polar surface area (TPSA) is 28.2 Å². The zero-order valence-corrected chi connectivity index (χ0v) is 13.4. The summed E-state index contributed by atoms with van der Waals surface area (Å²) in [5.74, 6) is 0.573. The van der Waals surface area contributed by atoms with Gasteiger partial charge in [0.1, 0.15) is 0 Å². The number of nitrogens with zero attached hydrogens (tertiary/aromatic N) is 2. The molecule has 4 heteroatoms. The molecule has 1 N–H and O–H groups in total. The average molecular weight is 281 g/mol. The van der Waals surface area contributed by atoms with Gasteiger partial charge in [-0.2, -0.15) is 0 Å². The maximum Gasteiger partial charge on any atom is 0.185 e. The normalized spacial score (nSPS) is 17.7. The molecule has 0 bridgehead atoms. The van der Waals surface area contributed by atoms with E-state index in [0.29, 0.717) is 5.92 Å². The Morgan fingerprint density at radius 3 is 2.63 bits per heavy atom. The van der Waals surface area contributed by atoms with Crippen LogP contribution in [0, 0.1) is 0 Å². The van der Waals surface area contributed by atoms with Gasteiger partial charge in [0.2, 0.25) is 0 Å². The molecule has 2 rings (SSSR count). The van der Waals surface area contributed by atoms with Gasteiger partial charge < -0.3 is 10.2 Å². The lowest BCUT2D eigenvalue weighted by Crippen LogP contribution is -2.29. The van der Waals surface area contributed by atoms with E-state index in [-0.39, 0.29) is 0 Å². The van der Waals surface area contributed by atoms with Crippen molar-refractivity contribution in [3.8, 4) is 0 Å². The molecule has 19 heavy (non-hydrogen) atoms. The molecule has 108 valence electrons. The highest BCUT2D eigenvalue weighted by Gasteiger charge is 2.20. The monoisotopic (exact) mass is 281 g/mol. The standard InChI is InChI=1S/C15H27N3S/c1-4-12(3)14-13(11-16-5-2)19-15(17-14)18-9-7-6-8-10-18/h12,16H,4-11H2,1-3H3. The van der Waals surface area contributed by atoms with Crippen LogP contribution < -0.4 is 10.2 Å². The zero-order chi connectivity index (χ0) is 13.7. The molecule has 0 saturated carbocycles. The van der Waals surface area contributed by atoms with Crippen molar-refractivity contribution in [3.05, 3.63) is 10.6 Å². The second-order valence-corrected chi connectivity index (χ2v) is 6.50. The largest absolute Gasteiger partial charge is 0.348 e. The highest BCUT2D eigenvalue weighted by molar-refractivity contribution is 7.15. The van der Waals surface area contributed by atoms with Crippen LogP contribution in [0.15, 0.2) is 0 Å². The molecule has 1 aliphatic rings. The summed E-state index contributed by atoms with van der Waals surface area (Å²) in [5.41, 5.74) is 1.33. The predicted octanol–water partition coefficient (Wildman–Crippen LogP) is 3.76. The molecular formula is C15H27N3S. The maximum absolute atomic E-state index is 4.96. The van der Waals surface area contributed by atoms with Gasteiger partial charge in [-0.05, 0) is 38.1 Å². The van der Waals surface area contributed by atoms with E-state index in [1.807, 2.05) is 11.3 Å². The Bertz CT molecular complexity index is 383. The number of anilines is 1. The van der Waals surface area contributed by atoms with Crippen LogP contribution in [0.25, 0.3) is 0 Å². The Morgan fingerprint density at radius 2 is 2.00 bits per heavy atom. The molecule has 1 aromatic heterocycles. The Kier molecular flexibility index (Phi) is 5.64. The van der Waals surface area contributed by atoms with Crippen molar-refractivity contribution in [2.75, 3.05) is 24.5 Å². The molecule has 0 amide bonds. The first kappa shape index (κ1) is 14.8. The van der Waals surface area contributed by atoms with Crippen LogP contribution in [0.1, 0.15) is 62.9 Å². The van der Waals surface area contributed by atoms with Gasteiger partial charge in [-0.1, -0.05) is 20.8 Å². The lowest BCUT2D eigenvalue weighted by molar-refractivity contribution is 0.575. The van der Waals surface area contributed by atoms with E-state index >= 15 is 0 Å². The van der Waals surface area contributed by atoms with Gasteiger partial charge in [0, 0.05) is 24.5 Å². The fraction of sp³-hybridized carbons (Fsp3) is 0.800. The summed E-state index contributed by atoms with van der Waals surface area (Å²) in [4.78, 5) is 8.89. The summed E-state index contributed by atoms with van der Waals surface area (Å²) in [6, 6.07) is 0. The Labute approximate surface area is 121 Å². The Hall–Kier alpha value is -0.610. The Balaban J connectivity index is 2.17. The maximum atomic E-state index is 4.96. The number of aromatic nitrogens is 1. The van der Waals surface area contributed by atoms with Gasteiger partial charge >= 0.3 is 0 Å². The third-order valence-corrected chi connectivity index (χ3v) is 5.09. The van der Waals surface area contributed by atoms with Crippen LogP contribution in [0.4, 0.5) is 5.13 Å². The quantitative estimate of drug-likeness (QED) is 0.860. The SMILES string of the molecule is CCNCc1sc(N2CCCCC2)nc1C(C)CC. The van der Waals surface area contributed by atoms with Crippen LogP contribution in [0.2, 0.25) is 0 Å². The van der Waals surface area contributed by atoms with Gasteiger partial charge in [0.25, 0.3) is 0 Å². The third-order valence-electron chi connectivity index (χ3n) is 3.96. The fourth-order valence-corrected chi connectivity index (χ4v) is 3.72. The second kappa shape index (κ2) is 7.25. The van der Waals surface area contributed by atoms with E-state index in [2.05, 4.69) is 31.0 Å². The van der Waals surface area contributed by atoms with Gasteiger partial charge in [0.15, 0.2) is 5.13 Å². The van der Waals surface area contributed by atoms with Crippen molar-refractivity contribution < 1.29 is 0 Å². The minimum atomic E-state index is 0.573. The first-order valence-corrected chi connectivity index (χ1v) is 8.53. The fourth-order valence-electron chi connectivity index (χ4n) is 2.51. The number of rotatable bonds is 6. The van der Waals surface area contributed by atoms with E-state index in [0.717, 1.165) is 13.1 Å². The zero-order valence-electron chi connectivity index (χ0n) is 12.5. The molecule has 0 aromatic carbocycles. The molecule has 0 aliphatic carbocycles. The molecule has 1 saturated heterocycles. The molecule has 1 aromatic rings. The minimum absolute atomic E-state index is 0.573. The van der Waals surface area contributed by atoms with E-state index in [1.54, 1.807) is 0 Å². The van der Waals surface area contributed by atoms with Crippen molar-refractivity contribution in [1.29, 1.82) is 0 Å². The Morgan fingerprint density at radius 1 is 1.26 bits per heavy atom. The average Bonchev–Trinajstić information content (AvgIpc) is 2.89. The molecule has 1 fully saturated rings. The highest BCUT2D eigenvalue weighted by Crippen LogP contribution is 2.33. The third kappa shape index (κ3) is 3.69. The summed E-state index contributed by atoms with van der Waals surface area (Å²) in [6.45, 7) is 11.1. The second-order valence-electron chi connectivity index (χ2n) is 5.44. The molecule has 1 atom stereocenters. The van der Waals surface area contributed by atoms with Crippen LogP contribution in [-0.2, 0) is 6.54 Å². The first-order valence-electron chi connectivity index (χ1n) is 7.71. The minimum Gasteiger partial charge on any atom is -0.348 e. The molecule has 0 radical (unpaired) electrons. The smallest absolute Gasteiger partial charge is 0.185 e. The molecule has 1 aliphatic heterocycles. The van der Waals surface area contributed by atoms with Crippen molar-refractivity contribution in [1.82, 2.24) is 10.3 Å². The lowest BCUT2D eigenvalue weighted by Gasteiger charge is -2.25. The molecule has 2 heterocycles. The van der Waals surface area contributed by atoms with E-state index in [9.17, 15) is 0 Å². The van der Waals surface area contributed by atoms with Gasteiger partial charge in [-0.25, -0.2) is 4.98 Å². The highest BCUT2D eigenvalue weighted by atomic mass is 32.1. The van der Waals surface area contributed by atoms with E-state index < -0.39 is 0 Å². The predicted molar refractivity (Wildman–Crippen MR) is 84.3 cm³/mol. The van der Waals surface area contributed by atoms with E-state index in [4.69, 9.17) is 4.98 Å². The summed E-state index contributed by atoms with van der Waals surface area (Å²) in [6.07, 6.45) is 5.19. The summed E-state index contributed by atoms with van der Waals surface area (Å²) >= 11 is 1.90. The van der Waals surface area contributed by atoms with Crippen LogP contribution in [0.5, 0.6) is 0 Å². The van der Waals surface area contributed by atoms with Gasteiger partial charge in [-0.3, -0.25) is 0 Å². The number of piperidine rings is 1. The molecular weight excluding hydrogens is 254 g/mol. The van der Waals surface area contributed by atoms with Crippen molar-refractivity contribution in [3.63, 3.8) is 0 Å². The molecule has 0 spiro atoms. The van der Waals surface area contributed by atoms with Gasteiger partial charge in [0.05, 0.1) is 5.69 Å².